The number of halogens is 14. The standard InChI is InChI=1S/C18H10F14O4/c1-5(2)7(33)35-11-14(23,24)9(19)13(21,22)10(20,15(11,25)26)17(29,30)12(16(9,27)28,18(11,31)32)36-8(34)6(3)4/h1,3H2,2,4H3. The van der Waals surface area contributed by atoms with Gasteiger partial charge in [0.15, 0.2) is 0 Å². The van der Waals surface area contributed by atoms with Gasteiger partial charge in [-0.2, -0.15) is 52.7 Å². The zero-order valence-electron chi connectivity index (χ0n) is 17.3. The van der Waals surface area contributed by atoms with Crippen molar-refractivity contribution in [1.29, 1.82) is 0 Å². The summed E-state index contributed by atoms with van der Waals surface area (Å²) in [6, 6.07) is 0. The molecule has 0 aromatic heterocycles. The molecule has 0 aromatic rings. The van der Waals surface area contributed by atoms with E-state index in [0.717, 1.165) is 0 Å². The molecule has 36 heavy (non-hydrogen) atoms. The van der Waals surface area contributed by atoms with Gasteiger partial charge in [-0.15, -0.1) is 0 Å². The summed E-state index contributed by atoms with van der Waals surface area (Å²) in [4.78, 5) is 23.5. The summed E-state index contributed by atoms with van der Waals surface area (Å²) < 4.78 is 218. The maximum Gasteiger partial charge on any atom is 0.350 e. The van der Waals surface area contributed by atoms with Crippen LogP contribution in [0, 0.1) is 0 Å². The molecule has 18 heteroatoms. The normalized spacial score (nSPS) is 41.3. The number of esters is 2. The van der Waals surface area contributed by atoms with Gasteiger partial charge in [-0.3, -0.25) is 0 Å². The number of hydrogen-bond donors (Lipinski definition) is 0. The molecule has 4 rings (SSSR count). The SMILES string of the molecule is C=C(C)C(=O)OC12C(F)(F)C3(F)C(F)(F)C(F)(C1(F)F)C(F)(F)C(OC(=O)C(=C)C)(C3(F)F)C2(F)F. The Morgan fingerprint density at radius 3 is 0.889 bits per heavy atom. The molecule has 0 heterocycles. The highest BCUT2D eigenvalue weighted by atomic mass is 19.3. The van der Waals surface area contributed by atoms with Crippen LogP contribution in [0.15, 0.2) is 24.3 Å². The maximum atomic E-state index is 15.5. The van der Waals surface area contributed by atoms with Crippen LogP contribution in [0.25, 0.3) is 0 Å². The molecule has 4 bridgehead atoms. The Hall–Kier alpha value is -2.56. The van der Waals surface area contributed by atoms with Gasteiger partial charge >= 0.3 is 70.0 Å². The van der Waals surface area contributed by atoms with E-state index < -0.39 is 81.2 Å². The van der Waals surface area contributed by atoms with E-state index in [9.17, 15) is 18.4 Å². The smallest absolute Gasteiger partial charge is 0.350 e. The second kappa shape index (κ2) is 6.28. The summed E-state index contributed by atoms with van der Waals surface area (Å²) in [5.74, 6) is -52.3. The van der Waals surface area contributed by atoms with E-state index in [1.807, 2.05) is 0 Å². The van der Waals surface area contributed by atoms with Crippen molar-refractivity contribution in [2.45, 2.75) is 71.9 Å². The van der Waals surface area contributed by atoms with E-state index in [2.05, 4.69) is 22.6 Å². The molecule has 0 unspecified atom stereocenters. The predicted octanol–water partition coefficient (Wildman–Crippen LogP) is 4.97. The fourth-order valence-electron chi connectivity index (χ4n) is 4.66. The molecule has 0 amide bonds. The highest BCUT2D eigenvalue weighted by Gasteiger charge is 3.24. The molecule has 0 spiro atoms. The summed E-state index contributed by atoms with van der Waals surface area (Å²) in [7, 11) is 0. The molecule has 0 saturated heterocycles. The van der Waals surface area contributed by atoms with Gasteiger partial charge in [0.1, 0.15) is 0 Å². The highest BCUT2D eigenvalue weighted by molar-refractivity contribution is 5.89. The predicted molar refractivity (Wildman–Crippen MR) is 84.6 cm³/mol. The minimum Gasteiger partial charge on any atom is -0.436 e. The van der Waals surface area contributed by atoms with Crippen molar-refractivity contribution in [1.82, 2.24) is 0 Å². The van der Waals surface area contributed by atoms with Crippen molar-refractivity contribution in [2.24, 2.45) is 0 Å². The number of carbonyl (C=O) groups excluding carboxylic acids is 2. The molecule has 204 valence electrons. The highest BCUT2D eigenvalue weighted by Crippen LogP contribution is 2.88. The van der Waals surface area contributed by atoms with E-state index in [1.54, 1.807) is 0 Å². The molecule has 4 aliphatic rings. The van der Waals surface area contributed by atoms with Gasteiger partial charge in [0.25, 0.3) is 0 Å². The van der Waals surface area contributed by atoms with Crippen LogP contribution in [0.2, 0.25) is 0 Å². The van der Waals surface area contributed by atoms with Crippen molar-refractivity contribution in [3.8, 4) is 0 Å². The second-order valence-electron chi connectivity index (χ2n) is 8.47. The summed E-state index contributed by atoms with van der Waals surface area (Å²) in [6.07, 6.45) is 0. The van der Waals surface area contributed by atoms with Crippen LogP contribution < -0.4 is 0 Å². The molecule has 0 aliphatic heterocycles. The first-order chi connectivity index (χ1) is 15.7. The summed E-state index contributed by atoms with van der Waals surface area (Å²) in [5, 5.41) is 0. The number of ether oxygens (including phenoxy) is 2. The topological polar surface area (TPSA) is 52.6 Å². The summed E-state index contributed by atoms with van der Waals surface area (Å²) in [5.41, 5.74) is -32.7. The summed E-state index contributed by atoms with van der Waals surface area (Å²) >= 11 is 0. The zero-order chi connectivity index (χ0) is 28.7. The number of rotatable bonds is 4. The molecule has 4 saturated carbocycles. The van der Waals surface area contributed by atoms with Gasteiger partial charge in [0, 0.05) is 11.1 Å². The van der Waals surface area contributed by atoms with Crippen LogP contribution in [-0.4, -0.2) is 70.0 Å². The molecule has 0 radical (unpaired) electrons. The molecule has 0 atom stereocenters. The van der Waals surface area contributed by atoms with E-state index in [-0.39, 0.29) is 0 Å². The third-order valence-electron chi connectivity index (χ3n) is 6.44. The lowest BCUT2D eigenvalue weighted by atomic mass is 9.39. The average Bonchev–Trinajstić information content (AvgIpc) is 2.69. The van der Waals surface area contributed by atoms with Crippen LogP contribution in [0.4, 0.5) is 61.5 Å². The minimum absolute atomic E-state index is 0.336. The van der Waals surface area contributed by atoms with E-state index >= 15 is 52.7 Å². The van der Waals surface area contributed by atoms with Crippen molar-refractivity contribution >= 4 is 11.9 Å². The van der Waals surface area contributed by atoms with Crippen LogP contribution in [0.3, 0.4) is 0 Å². The molecule has 4 aliphatic carbocycles. The van der Waals surface area contributed by atoms with E-state index in [1.165, 1.54) is 0 Å². The van der Waals surface area contributed by atoms with Gasteiger partial charge < -0.3 is 9.47 Å². The average molecular weight is 556 g/mol. The van der Waals surface area contributed by atoms with E-state index in [4.69, 9.17) is 0 Å². The number of carbonyl (C=O) groups is 2. The van der Waals surface area contributed by atoms with Crippen molar-refractivity contribution in [2.75, 3.05) is 0 Å². The fourth-order valence-corrected chi connectivity index (χ4v) is 4.66. The monoisotopic (exact) mass is 556 g/mol. The largest absolute Gasteiger partial charge is 0.436 e. The number of alkyl halides is 14. The third-order valence-corrected chi connectivity index (χ3v) is 6.44. The molecular formula is C18H10F14O4. The molecule has 0 N–H and O–H groups in total. The minimum atomic E-state index is -7.91. The Bertz CT molecular complexity index is 993. The van der Waals surface area contributed by atoms with Crippen molar-refractivity contribution in [3.05, 3.63) is 24.3 Å². The quantitative estimate of drug-likeness (QED) is 0.279. The Balaban J connectivity index is 2.73. The van der Waals surface area contributed by atoms with Gasteiger partial charge in [-0.05, 0) is 13.8 Å². The molecule has 4 fully saturated rings. The van der Waals surface area contributed by atoms with Gasteiger partial charge in [-0.1, -0.05) is 13.2 Å². The summed E-state index contributed by atoms with van der Waals surface area (Å²) in [6.45, 7) is 5.81. The van der Waals surface area contributed by atoms with Crippen molar-refractivity contribution < 1.29 is 80.5 Å². The lowest BCUT2D eigenvalue weighted by Crippen LogP contribution is -3.11. The Labute approximate surface area is 189 Å². The molecule has 4 nitrogen and oxygen atoms in total. The fraction of sp³-hybridized carbons (Fsp3) is 0.667. The molecular weight excluding hydrogens is 546 g/mol. The van der Waals surface area contributed by atoms with Gasteiger partial charge in [0.2, 0.25) is 0 Å². The lowest BCUT2D eigenvalue weighted by molar-refractivity contribution is -0.621. The van der Waals surface area contributed by atoms with Crippen molar-refractivity contribution in [3.63, 3.8) is 0 Å². The third kappa shape index (κ3) is 1.91. The van der Waals surface area contributed by atoms with Crippen LogP contribution in [0.1, 0.15) is 13.8 Å². The Morgan fingerprint density at radius 2 is 0.694 bits per heavy atom. The Morgan fingerprint density at radius 1 is 0.472 bits per heavy atom. The number of hydrogen-bond acceptors (Lipinski definition) is 4. The first-order valence-corrected chi connectivity index (χ1v) is 9.08. The van der Waals surface area contributed by atoms with Crippen LogP contribution in [0.5, 0.6) is 0 Å². The van der Waals surface area contributed by atoms with Gasteiger partial charge in [-0.25, -0.2) is 18.4 Å². The Kier molecular flexibility index (Phi) is 4.89. The lowest BCUT2D eigenvalue weighted by Gasteiger charge is -2.75. The second-order valence-corrected chi connectivity index (χ2v) is 8.47. The first-order valence-electron chi connectivity index (χ1n) is 9.08. The van der Waals surface area contributed by atoms with Crippen LogP contribution in [-0.2, 0) is 19.1 Å². The zero-order valence-corrected chi connectivity index (χ0v) is 17.3. The molecule has 0 aromatic carbocycles. The van der Waals surface area contributed by atoms with Crippen LogP contribution >= 0.6 is 0 Å². The van der Waals surface area contributed by atoms with E-state index in [0.29, 0.717) is 13.8 Å². The van der Waals surface area contributed by atoms with Gasteiger partial charge in [0.05, 0.1) is 0 Å². The maximum absolute atomic E-state index is 15.5. The first kappa shape index (κ1) is 28.0.